The third-order valence-electron chi connectivity index (χ3n) is 4.67. The Bertz CT molecular complexity index is 508. The smallest absolute Gasteiger partial charge is 0.157 e. The number of nitrogens with zero attached hydrogens (tertiary/aromatic N) is 1. The van der Waals surface area contributed by atoms with Crippen molar-refractivity contribution in [2.24, 2.45) is 0 Å². The number of rotatable bonds is 4. The average Bonchev–Trinajstić information content (AvgIpc) is 2.68. The molecule has 0 radical (unpaired) electrons. The number of likely N-dealkylation sites (N-methyl/N-ethyl adjacent to an activating group) is 1. The number of ketones is 1. The molecule has 0 unspecified atom stereocenters. The molecule has 0 N–H and O–H groups in total. The molecule has 2 rings (SSSR count). The Morgan fingerprint density at radius 3 is 2.38 bits per heavy atom. The predicted molar refractivity (Wildman–Crippen MR) is 86.9 cm³/mol. The van der Waals surface area contributed by atoms with Gasteiger partial charge >= 0.3 is 0 Å². The zero-order valence-electron chi connectivity index (χ0n) is 12.8. The normalized spacial score (nSPS) is 18.5. The molecule has 0 heterocycles. The summed E-state index contributed by atoms with van der Waals surface area (Å²) >= 11 is 3.36. The van der Waals surface area contributed by atoms with Crippen LogP contribution in [0.25, 0.3) is 0 Å². The molecule has 0 atom stereocenters. The number of carbonyl (C=O) groups is 1. The van der Waals surface area contributed by atoms with Gasteiger partial charge in [-0.15, -0.1) is 0 Å². The van der Waals surface area contributed by atoms with Gasteiger partial charge in [0, 0.05) is 10.9 Å². The Hall–Kier alpha value is -0.740. The number of halogens is 2. The van der Waals surface area contributed by atoms with E-state index in [1.165, 1.54) is 25.0 Å². The molecule has 0 saturated heterocycles. The van der Waals surface area contributed by atoms with E-state index in [0.717, 1.165) is 31.2 Å². The molecule has 0 aliphatic heterocycles. The second-order valence-corrected chi connectivity index (χ2v) is 7.03. The second-order valence-electron chi connectivity index (χ2n) is 6.18. The monoisotopic (exact) mass is 355 g/mol. The number of hydrogen-bond acceptors (Lipinski definition) is 2. The highest BCUT2D eigenvalue weighted by molar-refractivity contribution is 9.10. The maximum Gasteiger partial charge on any atom is 0.157 e. The van der Waals surface area contributed by atoms with Gasteiger partial charge in [0.25, 0.3) is 0 Å². The lowest BCUT2D eigenvalue weighted by Gasteiger charge is -2.38. The maximum absolute atomic E-state index is 13.2. The molecule has 1 aromatic carbocycles. The van der Waals surface area contributed by atoms with Gasteiger partial charge < -0.3 is 0 Å². The van der Waals surface area contributed by atoms with Crippen LogP contribution in [0.4, 0.5) is 4.39 Å². The van der Waals surface area contributed by atoms with Crippen molar-refractivity contribution in [1.82, 2.24) is 4.90 Å². The predicted octanol–water partition coefficient (Wildman–Crippen LogP) is 4.35. The largest absolute Gasteiger partial charge is 0.297 e. The summed E-state index contributed by atoms with van der Waals surface area (Å²) in [6.45, 7) is 0. The fourth-order valence-electron chi connectivity index (χ4n) is 3.29. The molecule has 1 aliphatic rings. The SMILES string of the molecule is CN(C)C1(C(=O)Cc2ccc(F)cc2Br)CCCCCC1. The number of hydrogen-bond donors (Lipinski definition) is 0. The fourth-order valence-corrected chi connectivity index (χ4v) is 3.78. The highest BCUT2D eigenvalue weighted by atomic mass is 79.9. The van der Waals surface area contributed by atoms with Gasteiger partial charge in [0.1, 0.15) is 5.82 Å². The van der Waals surface area contributed by atoms with E-state index in [1.807, 2.05) is 14.1 Å². The zero-order chi connectivity index (χ0) is 15.5. The van der Waals surface area contributed by atoms with Crippen molar-refractivity contribution in [3.8, 4) is 0 Å². The molecule has 21 heavy (non-hydrogen) atoms. The van der Waals surface area contributed by atoms with Crippen molar-refractivity contribution in [3.63, 3.8) is 0 Å². The van der Waals surface area contributed by atoms with E-state index in [0.29, 0.717) is 10.9 Å². The lowest BCUT2D eigenvalue weighted by molar-refractivity contribution is -0.130. The molecule has 4 heteroatoms. The third-order valence-corrected chi connectivity index (χ3v) is 5.41. The van der Waals surface area contributed by atoms with Gasteiger partial charge in [0.05, 0.1) is 5.54 Å². The van der Waals surface area contributed by atoms with Crippen molar-refractivity contribution in [2.45, 2.75) is 50.5 Å². The summed E-state index contributed by atoms with van der Waals surface area (Å²) in [5, 5.41) is 0. The van der Waals surface area contributed by atoms with E-state index in [9.17, 15) is 9.18 Å². The Balaban J connectivity index is 2.22. The summed E-state index contributed by atoms with van der Waals surface area (Å²) < 4.78 is 13.9. The topological polar surface area (TPSA) is 20.3 Å². The standard InChI is InChI=1S/C17H23BrFNO/c1-20(2)17(9-5-3-4-6-10-17)16(21)11-13-7-8-14(19)12-15(13)18/h7-8,12H,3-6,9-11H2,1-2H3. The van der Waals surface area contributed by atoms with E-state index in [1.54, 1.807) is 6.07 Å². The van der Waals surface area contributed by atoms with Crippen LogP contribution in [0, 0.1) is 5.82 Å². The summed E-state index contributed by atoms with van der Waals surface area (Å²) in [5.74, 6) is -0.0310. The summed E-state index contributed by atoms with van der Waals surface area (Å²) in [6.07, 6.45) is 6.85. The van der Waals surface area contributed by atoms with Gasteiger partial charge in [-0.25, -0.2) is 4.39 Å². The third kappa shape index (κ3) is 3.72. The molecule has 0 bridgehead atoms. The van der Waals surface area contributed by atoms with Crippen LogP contribution < -0.4 is 0 Å². The van der Waals surface area contributed by atoms with E-state index in [4.69, 9.17) is 0 Å². The first-order valence-electron chi connectivity index (χ1n) is 7.60. The van der Waals surface area contributed by atoms with Crippen LogP contribution in [0.15, 0.2) is 22.7 Å². The van der Waals surface area contributed by atoms with Crippen LogP contribution in [-0.2, 0) is 11.2 Å². The lowest BCUT2D eigenvalue weighted by atomic mass is 9.82. The molecular formula is C17H23BrFNO. The Labute approximate surface area is 134 Å². The Kier molecular flexibility index (Phi) is 5.55. The highest BCUT2D eigenvalue weighted by Gasteiger charge is 2.40. The van der Waals surface area contributed by atoms with Crippen molar-refractivity contribution in [2.75, 3.05) is 14.1 Å². The number of Topliss-reactive ketones (excluding diaryl/α,β-unsaturated/α-hetero) is 1. The van der Waals surface area contributed by atoms with Crippen molar-refractivity contribution < 1.29 is 9.18 Å². The minimum Gasteiger partial charge on any atom is -0.297 e. The molecule has 1 aliphatic carbocycles. The van der Waals surface area contributed by atoms with Crippen LogP contribution in [-0.4, -0.2) is 30.3 Å². The quantitative estimate of drug-likeness (QED) is 0.748. The number of benzene rings is 1. The van der Waals surface area contributed by atoms with Crippen molar-refractivity contribution in [1.29, 1.82) is 0 Å². The average molecular weight is 356 g/mol. The van der Waals surface area contributed by atoms with Gasteiger partial charge in [-0.2, -0.15) is 0 Å². The van der Waals surface area contributed by atoms with Gasteiger partial charge in [-0.05, 0) is 44.6 Å². The summed E-state index contributed by atoms with van der Waals surface area (Å²) in [4.78, 5) is 15.1. The Morgan fingerprint density at radius 2 is 1.86 bits per heavy atom. The van der Waals surface area contributed by atoms with Gasteiger partial charge in [0.15, 0.2) is 5.78 Å². The first-order chi connectivity index (χ1) is 9.95. The molecule has 0 aromatic heterocycles. The van der Waals surface area contributed by atoms with Crippen LogP contribution in [0.5, 0.6) is 0 Å². The van der Waals surface area contributed by atoms with E-state index >= 15 is 0 Å². The minimum absolute atomic E-state index is 0.252. The van der Waals surface area contributed by atoms with Gasteiger partial charge in [-0.1, -0.05) is 47.7 Å². The first kappa shape index (κ1) is 16.6. The van der Waals surface area contributed by atoms with Gasteiger partial charge in [-0.3, -0.25) is 9.69 Å². The molecular weight excluding hydrogens is 333 g/mol. The van der Waals surface area contributed by atoms with E-state index in [-0.39, 0.29) is 17.1 Å². The molecule has 0 spiro atoms. The van der Waals surface area contributed by atoms with E-state index in [2.05, 4.69) is 20.8 Å². The Morgan fingerprint density at radius 1 is 1.24 bits per heavy atom. The fraction of sp³-hybridized carbons (Fsp3) is 0.588. The first-order valence-corrected chi connectivity index (χ1v) is 8.40. The molecule has 2 nitrogen and oxygen atoms in total. The van der Waals surface area contributed by atoms with Crippen LogP contribution in [0.2, 0.25) is 0 Å². The van der Waals surface area contributed by atoms with Crippen LogP contribution in [0.3, 0.4) is 0 Å². The summed E-state index contributed by atoms with van der Waals surface area (Å²) in [5.41, 5.74) is 0.511. The second kappa shape index (κ2) is 7.01. The number of carbonyl (C=O) groups excluding carboxylic acids is 1. The van der Waals surface area contributed by atoms with Gasteiger partial charge in [0.2, 0.25) is 0 Å². The zero-order valence-corrected chi connectivity index (χ0v) is 14.4. The minimum atomic E-state index is -0.357. The molecule has 1 aromatic rings. The molecule has 1 saturated carbocycles. The molecule has 116 valence electrons. The van der Waals surface area contributed by atoms with Crippen LogP contribution in [0.1, 0.15) is 44.1 Å². The molecule has 0 amide bonds. The lowest BCUT2D eigenvalue weighted by Crippen LogP contribution is -2.51. The maximum atomic E-state index is 13.2. The van der Waals surface area contributed by atoms with Crippen molar-refractivity contribution in [3.05, 3.63) is 34.1 Å². The molecule has 1 fully saturated rings. The summed E-state index contributed by atoms with van der Waals surface area (Å²) in [7, 11) is 4.01. The van der Waals surface area contributed by atoms with Crippen molar-refractivity contribution >= 4 is 21.7 Å². The highest BCUT2D eigenvalue weighted by Crippen LogP contribution is 2.33. The van der Waals surface area contributed by atoms with Crippen LogP contribution >= 0.6 is 15.9 Å². The van der Waals surface area contributed by atoms with E-state index < -0.39 is 0 Å². The summed E-state index contributed by atoms with van der Waals surface area (Å²) in [6, 6.07) is 4.55.